The van der Waals surface area contributed by atoms with Crippen molar-refractivity contribution in [1.29, 1.82) is 0 Å². The van der Waals surface area contributed by atoms with Crippen LogP contribution in [0, 0.1) is 51.2 Å². The van der Waals surface area contributed by atoms with Gasteiger partial charge in [-0.2, -0.15) is 0 Å². The minimum absolute atomic E-state index is 0.236. The van der Waals surface area contributed by atoms with Gasteiger partial charge in [0.2, 0.25) is 0 Å². The van der Waals surface area contributed by atoms with Crippen LogP contribution < -0.4 is 0 Å². The summed E-state index contributed by atoms with van der Waals surface area (Å²) in [5, 5.41) is 0. The molecule has 0 N–H and O–H groups in total. The van der Waals surface area contributed by atoms with Crippen LogP contribution in [0.2, 0.25) is 0 Å². The summed E-state index contributed by atoms with van der Waals surface area (Å²) in [5.74, 6) is 4.09. The number of rotatable bonds is 4. The van der Waals surface area contributed by atoms with Gasteiger partial charge in [-0.25, -0.2) is 0 Å². The number of carbonyl (C=O) groups is 1. The Morgan fingerprint density at radius 3 is 2.32 bits per heavy atom. The number of allylic oxidation sites excluding steroid dienone is 2. The van der Waals surface area contributed by atoms with Crippen LogP contribution in [0.4, 0.5) is 0 Å². The molecule has 0 amide bonds. The number of carbonyl (C=O) groups excluding carboxylic acids is 1. The van der Waals surface area contributed by atoms with E-state index in [2.05, 4.69) is 61.5 Å². The lowest BCUT2D eigenvalue weighted by molar-refractivity contribution is -0.202. The highest BCUT2D eigenvalue weighted by Crippen LogP contribution is 2.76. The molecule has 0 spiro atoms. The molecule has 1 heteroatoms. The number of ketones is 1. The summed E-state index contributed by atoms with van der Waals surface area (Å²) in [6, 6.07) is 0. The molecule has 0 radical (unpaired) electrons. The topological polar surface area (TPSA) is 17.1 Å². The van der Waals surface area contributed by atoms with Gasteiger partial charge in [0, 0.05) is 12.3 Å². The molecule has 0 unspecified atom stereocenters. The average Bonchev–Trinajstić information content (AvgIpc) is 2.96. The molecule has 4 rings (SSSR count). The van der Waals surface area contributed by atoms with Crippen molar-refractivity contribution in [1.82, 2.24) is 0 Å². The van der Waals surface area contributed by atoms with Crippen molar-refractivity contribution in [3.05, 3.63) is 11.6 Å². The van der Waals surface area contributed by atoms with E-state index < -0.39 is 0 Å². The van der Waals surface area contributed by atoms with Crippen molar-refractivity contribution >= 4 is 5.78 Å². The van der Waals surface area contributed by atoms with Gasteiger partial charge < -0.3 is 0 Å². The first-order valence-electron chi connectivity index (χ1n) is 13.6. The maximum atomic E-state index is 12.7. The van der Waals surface area contributed by atoms with Gasteiger partial charge in [0.15, 0.2) is 0 Å². The van der Waals surface area contributed by atoms with E-state index in [1.54, 1.807) is 0 Å². The zero-order valence-electron chi connectivity index (χ0n) is 21.9. The summed E-state index contributed by atoms with van der Waals surface area (Å²) in [5.41, 5.74) is 3.09. The van der Waals surface area contributed by atoms with E-state index in [4.69, 9.17) is 0 Å². The molecule has 31 heavy (non-hydrogen) atoms. The van der Waals surface area contributed by atoms with Crippen molar-refractivity contribution < 1.29 is 4.79 Å². The van der Waals surface area contributed by atoms with Crippen molar-refractivity contribution in [3.63, 3.8) is 0 Å². The summed E-state index contributed by atoms with van der Waals surface area (Å²) >= 11 is 0. The lowest BCUT2D eigenvalue weighted by Crippen LogP contribution is -2.62. The SMILES string of the molecule is CC(C)=CCC[C@@H](C)[C@H]1CC[C@@]2(C)[C@@H]3CC[C@@]4(C)[C@@H](CCC(=O)[C@@H]4C)[C@]3(C)CC[C@]12C. The largest absolute Gasteiger partial charge is 0.299 e. The van der Waals surface area contributed by atoms with Crippen LogP contribution >= 0.6 is 0 Å². The first-order chi connectivity index (χ1) is 14.4. The number of hydrogen-bond donors (Lipinski definition) is 0. The second-order valence-corrected chi connectivity index (χ2v) is 13.7. The van der Waals surface area contributed by atoms with Crippen LogP contribution in [-0.2, 0) is 4.79 Å². The van der Waals surface area contributed by atoms with E-state index in [1.165, 1.54) is 56.9 Å². The first-order valence-corrected chi connectivity index (χ1v) is 13.6. The standard InChI is InChI=1S/C30H50O/c1-20(2)10-9-11-21(3)23-14-17-30(8)26-15-16-27(5)22(4)24(31)12-13-25(27)28(26,6)18-19-29(23,30)7/h10,21-23,25-26H,9,11-19H2,1-8H3/t21-,22+,23-,25-,26-,27-,28+,29-,30+/m1/s1. The molecule has 0 saturated heterocycles. The van der Waals surface area contributed by atoms with E-state index >= 15 is 0 Å². The van der Waals surface area contributed by atoms with Crippen LogP contribution in [0.5, 0.6) is 0 Å². The van der Waals surface area contributed by atoms with Crippen LogP contribution in [0.1, 0.15) is 120 Å². The molecule has 0 aromatic rings. The van der Waals surface area contributed by atoms with Gasteiger partial charge in [-0.1, -0.05) is 53.2 Å². The Labute approximate surface area is 193 Å². The summed E-state index contributed by atoms with van der Waals surface area (Å²) in [7, 11) is 0. The van der Waals surface area contributed by atoms with Crippen LogP contribution in [-0.4, -0.2) is 5.78 Å². The van der Waals surface area contributed by atoms with Gasteiger partial charge in [0.25, 0.3) is 0 Å². The van der Waals surface area contributed by atoms with Gasteiger partial charge in [-0.05, 0) is 117 Å². The molecule has 176 valence electrons. The maximum absolute atomic E-state index is 12.7. The molecule has 0 bridgehead atoms. The molecule has 4 fully saturated rings. The fourth-order valence-electron chi connectivity index (χ4n) is 10.2. The summed E-state index contributed by atoms with van der Waals surface area (Å²) in [6.07, 6.45) is 15.3. The zero-order valence-corrected chi connectivity index (χ0v) is 21.9. The van der Waals surface area contributed by atoms with Crippen LogP contribution in [0.25, 0.3) is 0 Å². The molecule has 0 aromatic heterocycles. The predicted octanol–water partition coefficient (Wildman–Crippen LogP) is 8.62. The summed E-state index contributed by atoms with van der Waals surface area (Å²) in [6.45, 7) is 19.8. The van der Waals surface area contributed by atoms with Gasteiger partial charge in [-0.3, -0.25) is 4.79 Å². The lowest BCUT2D eigenvalue weighted by Gasteiger charge is -2.69. The number of Topliss-reactive ketones (excluding diaryl/α,β-unsaturated/α-hetero) is 1. The van der Waals surface area contributed by atoms with Crippen molar-refractivity contribution in [3.8, 4) is 0 Å². The van der Waals surface area contributed by atoms with E-state index in [0.29, 0.717) is 22.0 Å². The third kappa shape index (κ3) is 3.25. The van der Waals surface area contributed by atoms with E-state index in [-0.39, 0.29) is 11.3 Å². The molecule has 0 aromatic carbocycles. The van der Waals surface area contributed by atoms with Gasteiger partial charge in [-0.15, -0.1) is 0 Å². The summed E-state index contributed by atoms with van der Waals surface area (Å²) < 4.78 is 0. The van der Waals surface area contributed by atoms with Gasteiger partial charge in [0.1, 0.15) is 5.78 Å². The monoisotopic (exact) mass is 426 g/mol. The second kappa shape index (κ2) is 7.73. The van der Waals surface area contributed by atoms with Gasteiger partial charge in [0.05, 0.1) is 0 Å². The third-order valence-corrected chi connectivity index (χ3v) is 12.4. The van der Waals surface area contributed by atoms with Crippen LogP contribution in [0.3, 0.4) is 0 Å². The van der Waals surface area contributed by atoms with E-state index in [9.17, 15) is 4.79 Å². The quantitative estimate of drug-likeness (QED) is 0.411. The highest BCUT2D eigenvalue weighted by Gasteiger charge is 2.69. The minimum Gasteiger partial charge on any atom is -0.299 e. The normalized spacial score (nSPS) is 50.3. The molecule has 9 atom stereocenters. The Bertz CT molecular complexity index is 746. The zero-order chi connectivity index (χ0) is 22.8. The van der Waals surface area contributed by atoms with Gasteiger partial charge >= 0.3 is 0 Å². The molecule has 0 heterocycles. The van der Waals surface area contributed by atoms with Crippen molar-refractivity contribution in [2.75, 3.05) is 0 Å². The maximum Gasteiger partial charge on any atom is 0.136 e. The smallest absolute Gasteiger partial charge is 0.136 e. The second-order valence-electron chi connectivity index (χ2n) is 13.7. The van der Waals surface area contributed by atoms with Crippen molar-refractivity contribution in [2.45, 2.75) is 120 Å². The highest BCUT2D eigenvalue weighted by molar-refractivity contribution is 5.82. The Morgan fingerprint density at radius 2 is 1.65 bits per heavy atom. The molecule has 4 aliphatic rings. The minimum atomic E-state index is 0.236. The number of fused-ring (bicyclic) bond motifs is 5. The Morgan fingerprint density at radius 1 is 0.935 bits per heavy atom. The van der Waals surface area contributed by atoms with E-state index in [0.717, 1.165) is 36.5 Å². The molecule has 1 nitrogen and oxygen atoms in total. The predicted molar refractivity (Wildman–Crippen MR) is 132 cm³/mol. The first kappa shape index (κ1) is 23.6. The summed E-state index contributed by atoms with van der Waals surface area (Å²) in [4.78, 5) is 12.7. The van der Waals surface area contributed by atoms with Crippen molar-refractivity contribution in [2.24, 2.45) is 51.2 Å². The Kier molecular flexibility index (Phi) is 5.88. The molecule has 4 saturated carbocycles. The lowest BCUT2D eigenvalue weighted by atomic mass is 9.35. The Balaban J connectivity index is 1.61. The average molecular weight is 427 g/mol. The fourth-order valence-corrected chi connectivity index (χ4v) is 10.2. The Hall–Kier alpha value is -0.590. The fraction of sp³-hybridized carbons (Fsp3) is 0.900. The molecular weight excluding hydrogens is 376 g/mol. The molecular formula is C30H50O. The van der Waals surface area contributed by atoms with Crippen LogP contribution in [0.15, 0.2) is 11.6 Å². The molecule has 0 aliphatic heterocycles. The van der Waals surface area contributed by atoms with E-state index in [1.807, 2.05) is 0 Å². The highest BCUT2D eigenvalue weighted by atomic mass is 16.1. The molecule has 4 aliphatic carbocycles. The third-order valence-electron chi connectivity index (χ3n) is 12.4. The number of hydrogen-bond acceptors (Lipinski definition) is 1.